The van der Waals surface area contributed by atoms with Crippen LogP contribution in [-0.4, -0.2) is 19.1 Å². The van der Waals surface area contributed by atoms with Crippen molar-refractivity contribution in [2.75, 3.05) is 13.1 Å². The lowest BCUT2D eigenvalue weighted by molar-refractivity contribution is 0.239. The number of hydrogen-bond donors (Lipinski definition) is 2. The van der Waals surface area contributed by atoms with Crippen LogP contribution in [0.25, 0.3) is 0 Å². The number of nitrogens with one attached hydrogen (secondary N) is 2. The van der Waals surface area contributed by atoms with Crippen molar-refractivity contribution >= 4 is 17.6 Å². The summed E-state index contributed by atoms with van der Waals surface area (Å²) in [5.41, 5.74) is 1.40. The number of hydrogen-bond acceptors (Lipinski definition) is 1. The second-order valence-electron chi connectivity index (χ2n) is 5.25. The first kappa shape index (κ1) is 14.2. The molecule has 0 spiro atoms. The van der Waals surface area contributed by atoms with Crippen LogP contribution in [0, 0.1) is 0 Å². The zero-order valence-corrected chi connectivity index (χ0v) is 12.1. The minimum absolute atomic E-state index is 0.0614. The van der Waals surface area contributed by atoms with Crippen molar-refractivity contribution < 1.29 is 4.79 Å². The first-order valence-electron chi connectivity index (χ1n) is 6.94. The van der Waals surface area contributed by atoms with E-state index in [0.29, 0.717) is 6.54 Å². The molecule has 1 aromatic carbocycles. The van der Waals surface area contributed by atoms with Gasteiger partial charge in [-0.2, -0.15) is 0 Å². The van der Waals surface area contributed by atoms with Crippen LogP contribution in [0.4, 0.5) is 4.79 Å². The van der Waals surface area contributed by atoms with Gasteiger partial charge in [0.2, 0.25) is 0 Å². The van der Waals surface area contributed by atoms with Gasteiger partial charge in [-0.15, -0.1) is 0 Å². The third-order valence-corrected chi connectivity index (χ3v) is 3.97. The SMILES string of the molecule is CCCCNC(=O)NCC1(c2ccc(Cl)cc2)CC1. The largest absolute Gasteiger partial charge is 0.338 e. The average molecular weight is 281 g/mol. The van der Waals surface area contributed by atoms with Crippen LogP contribution in [0.5, 0.6) is 0 Å². The van der Waals surface area contributed by atoms with Crippen molar-refractivity contribution in [2.24, 2.45) is 0 Å². The molecular weight excluding hydrogens is 260 g/mol. The van der Waals surface area contributed by atoms with E-state index >= 15 is 0 Å². The monoisotopic (exact) mass is 280 g/mol. The lowest BCUT2D eigenvalue weighted by Crippen LogP contribution is -2.40. The summed E-state index contributed by atoms with van der Waals surface area (Å²) >= 11 is 5.90. The molecule has 1 saturated carbocycles. The van der Waals surface area contributed by atoms with E-state index in [1.165, 1.54) is 5.56 Å². The Labute approximate surface area is 119 Å². The fourth-order valence-corrected chi connectivity index (χ4v) is 2.34. The summed E-state index contributed by atoms with van der Waals surface area (Å²) in [4.78, 5) is 11.6. The van der Waals surface area contributed by atoms with Gasteiger partial charge in [0.15, 0.2) is 0 Å². The maximum atomic E-state index is 11.6. The van der Waals surface area contributed by atoms with E-state index in [0.717, 1.165) is 37.3 Å². The van der Waals surface area contributed by atoms with Crippen LogP contribution >= 0.6 is 11.6 Å². The number of amides is 2. The number of carbonyl (C=O) groups is 1. The fraction of sp³-hybridized carbons (Fsp3) is 0.533. The molecule has 0 saturated heterocycles. The number of unbranched alkanes of at least 4 members (excludes halogenated alkanes) is 1. The van der Waals surface area contributed by atoms with Crippen molar-refractivity contribution in [2.45, 2.75) is 38.0 Å². The molecule has 0 radical (unpaired) electrons. The third-order valence-electron chi connectivity index (χ3n) is 3.71. The van der Waals surface area contributed by atoms with Gasteiger partial charge in [0.1, 0.15) is 0 Å². The van der Waals surface area contributed by atoms with Crippen molar-refractivity contribution in [3.05, 3.63) is 34.9 Å². The topological polar surface area (TPSA) is 41.1 Å². The Bertz CT molecular complexity index is 426. The Morgan fingerprint density at radius 1 is 1.26 bits per heavy atom. The highest BCUT2D eigenvalue weighted by molar-refractivity contribution is 6.30. The van der Waals surface area contributed by atoms with Gasteiger partial charge in [0, 0.05) is 23.5 Å². The normalized spacial score (nSPS) is 15.9. The number of carbonyl (C=O) groups excluding carboxylic acids is 1. The second kappa shape index (κ2) is 6.29. The van der Waals surface area contributed by atoms with Crippen molar-refractivity contribution in [1.82, 2.24) is 10.6 Å². The number of rotatable bonds is 6. The highest BCUT2D eigenvalue weighted by Gasteiger charge is 2.44. The number of benzene rings is 1. The van der Waals surface area contributed by atoms with E-state index in [1.807, 2.05) is 12.1 Å². The summed E-state index contributed by atoms with van der Waals surface area (Å²) in [5, 5.41) is 6.60. The smallest absolute Gasteiger partial charge is 0.314 e. The molecule has 0 heterocycles. The Morgan fingerprint density at radius 2 is 1.95 bits per heavy atom. The van der Waals surface area contributed by atoms with Crippen molar-refractivity contribution in [3.8, 4) is 0 Å². The summed E-state index contributed by atoms with van der Waals surface area (Å²) in [6.45, 7) is 3.56. The maximum Gasteiger partial charge on any atom is 0.314 e. The minimum atomic E-state index is -0.0614. The van der Waals surface area contributed by atoms with Gasteiger partial charge < -0.3 is 10.6 Å². The molecule has 4 heteroatoms. The zero-order chi connectivity index (χ0) is 13.7. The molecule has 2 amide bonds. The third kappa shape index (κ3) is 3.87. The van der Waals surface area contributed by atoms with E-state index in [4.69, 9.17) is 11.6 Å². The predicted molar refractivity (Wildman–Crippen MR) is 78.7 cm³/mol. The molecule has 0 aromatic heterocycles. The quantitative estimate of drug-likeness (QED) is 0.770. The highest BCUT2D eigenvalue weighted by Crippen LogP contribution is 2.47. The Hall–Kier alpha value is -1.22. The van der Waals surface area contributed by atoms with Gasteiger partial charge >= 0.3 is 6.03 Å². The summed E-state index contributed by atoms with van der Waals surface area (Å²) in [6, 6.07) is 7.89. The Morgan fingerprint density at radius 3 is 2.53 bits per heavy atom. The molecule has 0 aliphatic heterocycles. The van der Waals surface area contributed by atoms with Gasteiger partial charge in [-0.1, -0.05) is 37.1 Å². The number of halogens is 1. The summed E-state index contributed by atoms with van der Waals surface area (Å²) in [6.07, 6.45) is 4.37. The zero-order valence-electron chi connectivity index (χ0n) is 11.3. The molecule has 0 unspecified atom stereocenters. The number of urea groups is 1. The van der Waals surface area contributed by atoms with E-state index in [9.17, 15) is 4.79 Å². The average Bonchev–Trinajstić information content (AvgIpc) is 3.19. The molecule has 0 bridgehead atoms. The van der Waals surface area contributed by atoms with Gasteiger partial charge in [-0.25, -0.2) is 4.79 Å². The molecule has 2 N–H and O–H groups in total. The molecule has 1 aliphatic carbocycles. The molecule has 19 heavy (non-hydrogen) atoms. The van der Waals surface area contributed by atoms with E-state index in [1.54, 1.807) is 0 Å². The molecule has 0 atom stereocenters. The summed E-state index contributed by atoms with van der Waals surface area (Å²) < 4.78 is 0. The van der Waals surface area contributed by atoms with E-state index in [-0.39, 0.29) is 11.4 Å². The molecular formula is C15H21ClN2O. The van der Waals surface area contributed by atoms with Crippen LogP contribution in [0.15, 0.2) is 24.3 Å². The van der Waals surface area contributed by atoms with Crippen LogP contribution in [-0.2, 0) is 5.41 Å². The van der Waals surface area contributed by atoms with Gasteiger partial charge in [-0.05, 0) is 37.0 Å². The highest BCUT2D eigenvalue weighted by atomic mass is 35.5. The minimum Gasteiger partial charge on any atom is -0.338 e. The van der Waals surface area contributed by atoms with Gasteiger partial charge in [0.25, 0.3) is 0 Å². The Kier molecular flexibility index (Phi) is 4.70. The summed E-state index contributed by atoms with van der Waals surface area (Å²) in [5.74, 6) is 0. The lowest BCUT2D eigenvalue weighted by atomic mass is 9.96. The van der Waals surface area contributed by atoms with Crippen molar-refractivity contribution in [3.63, 3.8) is 0 Å². The predicted octanol–water partition coefficient (Wildman–Crippen LogP) is 3.47. The molecule has 104 valence electrons. The second-order valence-corrected chi connectivity index (χ2v) is 5.69. The molecule has 1 aliphatic rings. The standard InChI is InChI=1S/C15H21ClN2O/c1-2-3-10-17-14(19)18-11-15(8-9-15)12-4-6-13(16)7-5-12/h4-7H,2-3,8-11H2,1H3,(H2,17,18,19). The molecule has 2 rings (SSSR count). The van der Waals surface area contributed by atoms with Gasteiger partial charge in [-0.3, -0.25) is 0 Å². The van der Waals surface area contributed by atoms with Crippen LogP contribution in [0.3, 0.4) is 0 Å². The van der Waals surface area contributed by atoms with E-state index in [2.05, 4.69) is 29.7 Å². The first-order valence-corrected chi connectivity index (χ1v) is 7.32. The maximum absolute atomic E-state index is 11.6. The van der Waals surface area contributed by atoms with E-state index < -0.39 is 0 Å². The molecule has 1 aromatic rings. The fourth-order valence-electron chi connectivity index (χ4n) is 2.21. The van der Waals surface area contributed by atoms with Crippen molar-refractivity contribution in [1.29, 1.82) is 0 Å². The van der Waals surface area contributed by atoms with Crippen LogP contribution < -0.4 is 10.6 Å². The van der Waals surface area contributed by atoms with Gasteiger partial charge in [0.05, 0.1) is 0 Å². The molecule has 3 nitrogen and oxygen atoms in total. The van der Waals surface area contributed by atoms with Crippen LogP contribution in [0.2, 0.25) is 5.02 Å². The Balaban J connectivity index is 1.82. The molecule has 1 fully saturated rings. The summed E-state index contributed by atoms with van der Waals surface area (Å²) in [7, 11) is 0. The lowest BCUT2D eigenvalue weighted by Gasteiger charge is -2.17. The van der Waals surface area contributed by atoms with Crippen LogP contribution in [0.1, 0.15) is 38.2 Å². The first-order chi connectivity index (χ1) is 9.16.